The fourth-order valence-corrected chi connectivity index (χ4v) is 4.83. The van der Waals surface area contributed by atoms with Crippen LogP contribution in [0.3, 0.4) is 0 Å². The Balaban J connectivity index is 1.72. The topological polar surface area (TPSA) is 160 Å². The number of hydrogen-bond donors (Lipinski definition) is 3. The average molecular weight is 546 g/mol. The largest absolute Gasteiger partial charge is 0.480 e. The van der Waals surface area contributed by atoms with Crippen LogP contribution in [-0.2, 0) is 31.4 Å². The molecule has 202 valence electrons. The number of amides is 3. The van der Waals surface area contributed by atoms with E-state index in [0.717, 1.165) is 12.8 Å². The molecule has 1 unspecified atom stereocenters. The van der Waals surface area contributed by atoms with E-state index in [-0.39, 0.29) is 30.9 Å². The first kappa shape index (κ1) is 28.6. The van der Waals surface area contributed by atoms with Gasteiger partial charge < -0.3 is 20.9 Å². The number of primary amides is 1. The molecule has 0 saturated heterocycles. The van der Waals surface area contributed by atoms with Crippen molar-refractivity contribution >= 4 is 41.3 Å². The van der Waals surface area contributed by atoms with Crippen LogP contribution in [0.4, 0.5) is 4.79 Å². The number of nitrogens with zero attached hydrogens (tertiary/aromatic N) is 2. The van der Waals surface area contributed by atoms with Crippen molar-refractivity contribution in [2.24, 2.45) is 5.73 Å². The Kier molecular flexibility index (Phi) is 9.40. The number of ether oxygens (including phenoxy) is 1. The number of Topliss-reactive ketones (excluding diaryl/α,β-unsaturated/α-hetero) is 1. The lowest BCUT2D eigenvalue weighted by atomic mass is 9.74. The third-order valence-corrected chi connectivity index (χ3v) is 6.89. The van der Waals surface area contributed by atoms with Gasteiger partial charge in [-0.25, -0.2) is 9.59 Å². The van der Waals surface area contributed by atoms with E-state index in [9.17, 15) is 29.1 Å². The number of nitrogens with two attached hydrogens (primary N) is 1. The number of nitrogens with one attached hydrogen (secondary N) is 1. The Labute approximate surface area is 224 Å². The van der Waals surface area contributed by atoms with Crippen molar-refractivity contribution in [3.63, 3.8) is 0 Å². The summed E-state index contributed by atoms with van der Waals surface area (Å²) in [5, 5.41) is 12.0. The van der Waals surface area contributed by atoms with Crippen LogP contribution in [0, 0.1) is 0 Å². The van der Waals surface area contributed by atoms with Gasteiger partial charge in [0.05, 0.1) is 0 Å². The first-order chi connectivity index (χ1) is 18.1. The predicted octanol–water partition coefficient (Wildman–Crippen LogP) is 2.14. The average Bonchev–Trinajstić information content (AvgIpc) is 2.89. The highest BCUT2D eigenvalue weighted by Gasteiger charge is 2.48. The van der Waals surface area contributed by atoms with Gasteiger partial charge in [0.1, 0.15) is 17.1 Å². The fraction of sp³-hybridized carbons (Fsp3) is 0.385. The maximum atomic E-state index is 13.2. The van der Waals surface area contributed by atoms with Crippen molar-refractivity contribution in [2.75, 3.05) is 7.05 Å². The quantitative estimate of drug-likeness (QED) is 0.385. The Morgan fingerprint density at radius 1 is 1.21 bits per heavy atom. The van der Waals surface area contributed by atoms with E-state index in [1.807, 2.05) is 0 Å². The summed E-state index contributed by atoms with van der Waals surface area (Å²) >= 11 is 6.44. The first-order valence-electron chi connectivity index (χ1n) is 12.1. The Hall–Kier alpha value is -3.99. The van der Waals surface area contributed by atoms with Crippen LogP contribution in [0.15, 0.2) is 48.8 Å². The molecule has 12 heteroatoms. The summed E-state index contributed by atoms with van der Waals surface area (Å²) in [5.41, 5.74) is 4.47. The Bertz CT molecular complexity index is 1240. The van der Waals surface area contributed by atoms with Crippen LogP contribution in [0.2, 0.25) is 5.02 Å². The van der Waals surface area contributed by atoms with Crippen LogP contribution < -0.4 is 15.6 Å². The van der Waals surface area contributed by atoms with Crippen molar-refractivity contribution in [1.82, 2.24) is 10.2 Å². The molecule has 1 aliphatic carbocycles. The number of rotatable bonds is 10. The molecule has 1 aliphatic rings. The molecule has 0 aliphatic heterocycles. The molecule has 2 atom stereocenters. The third kappa shape index (κ3) is 6.46. The van der Waals surface area contributed by atoms with Crippen LogP contribution in [0.5, 0.6) is 0 Å². The van der Waals surface area contributed by atoms with Gasteiger partial charge in [-0.05, 0) is 37.8 Å². The lowest BCUT2D eigenvalue weighted by Crippen LogP contribution is -2.55. The van der Waals surface area contributed by atoms with Crippen LogP contribution in [0.1, 0.15) is 54.4 Å². The van der Waals surface area contributed by atoms with Crippen LogP contribution >= 0.6 is 11.6 Å². The zero-order chi connectivity index (χ0) is 27.9. The summed E-state index contributed by atoms with van der Waals surface area (Å²) in [4.78, 5) is 62.6. The van der Waals surface area contributed by atoms with E-state index in [1.165, 1.54) is 34.8 Å². The van der Waals surface area contributed by atoms with E-state index in [2.05, 4.69) is 5.32 Å². The number of carboxylic acid groups (broad SMARTS) is 1. The SMILES string of the molecule is CN(C(=O)OC[n+]1cccc(C(=O)N[C@@H](CCC(N)=O)C(=O)O)c1)C1(c2ccccc2Cl)CCCCC1=O. The maximum absolute atomic E-state index is 13.2. The second kappa shape index (κ2) is 12.5. The lowest BCUT2D eigenvalue weighted by molar-refractivity contribution is -0.727. The molecule has 1 heterocycles. The van der Waals surface area contributed by atoms with E-state index < -0.39 is 35.5 Å². The number of hydrogen-bond acceptors (Lipinski definition) is 6. The molecule has 0 bridgehead atoms. The second-order valence-corrected chi connectivity index (χ2v) is 9.45. The fourth-order valence-electron chi connectivity index (χ4n) is 4.53. The first-order valence-corrected chi connectivity index (χ1v) is 12.4. The third-order valence-electron chi connectivity index (χ3n) is 6.56. The minimum atomic E-state index is -1.30. The molecule has 38 heavy (non-hydrogen) atoms. The van der Waals surface area contributed by atoms with E-state index in [4.69, 9.17) is 22.1 Å². The molecule has 3 rings (SSSR count). The molecule has 0 radical (unpaired) electrons. The van der Waals surface area contributed by atoms with E-state index in [1.54, 1.807) is 30.5 Å². The smallest absolute Gasteiger partial charge is 0.415 e. The predicted molar refractivity (Wildman–Crippen MR) is 135 cm³/mol. The standard InChI is InChI=1S/C26H29ClN4O7/c1-30(26(13-5-4-10-21(26)32)18-8-2-3-9-19(18)27)25(37)38-16-31-14-6-7-17(15-31)23(34)29-20(24(35)36)11-12-22(28)33/h2-3,6-9,14-15,20H,4-5,10-13,16H2,1H3,(H3-,28,29,33,34,35,36)/p+1/t20-,26?/m0/s1. The van der Waals surface area contributed by atoms with E-state index in [0.29, 0.717) is 23.4 Å². The summed E-state index contributed by atoms with van der Waals surface area (Å²) in [6.45, 7) is -0.277. The molecule has 0 spiro atoms. The molecule has 1 fully saturated rings. The number of pyridine rings is 1. The molecule has 1 aromatic heterocycles. The molecular formula is C26H30ClN4O7+. The van der Waals surface area contributed by atoms with Crippen LogP contribution in [0.25, 0.3) is 0 Å². The molecule has 1 saturated carbocycles. The highest BCUT2D eigenvalue weighted by molar-refractivity contribution is 6.31. The van der Waals surface area contributed by atoms with Crippen molar-refractivity contribution < 1.29 is 38.4 Å². The minimum absolute atomic E-state index is 0.109. The molecule has 1 aromatic carbocycles. The van der Waals surface area contributed by atoms with Crippen molar-refractivity contribution in [2.45, 2.75) is 56.8 Å². The molecule has 2 aromatic rings. The highest BCUT2D eigenvalue weighted by atomic mass is 35.5. The molecule has 11 nitrogen and oxygen atoms in total. The number of carbonyl (C=O) groups is 5. The minimum Gasteiger partial charge on any atom is -0.480 e. The number of aliphatic carboxylic acids is 1. The van der Waals surface area contributed by atoms with Crippen LogP contribution in [-0.4, -0.2) is 52.8 Å². The summed E-state index contributed by atoms with van der Waals surface area (Å²) in [7, 11) is 1.50. The number of carbonyl (C=O) groups excluding carboxylic acids is 4. The second-order valence-electron chi connectivity index (χ2n) is 9.04. The maximum Gasteiger partial charge on any atom is 0.415 e. The summed E-state index contributed by atoms with van der Waals surface area (Å²) in [6, 6.07) is 8.61. The Morgan fingerprint density at radius 2 is 1.95 bits per heavy atom. The number of ketones is 1. The summed E-state index contributed by atoms with van der Waals surface area (Å²) in [6.07, 6.45) is 4.01. The van der Waals surface area contributed by atoms with Gasteiger partial charge in [-0.2, -0.15) is 4.57 Å². The van der Waals surface area contributed by atoms with Crippen molar-refractivity contribution in [3.05, 3.63) is 64.9 Å². The summed E-state index contributed by atoms with van der Waals surface area (Å²) in [5.74, 6) is -2.79. The normalized spacial score (nSPS) is 17.8. The zero-order valence-electron chi connectivity index (χ0n) is 20.9. The van der Waals surface area contributed by atoms with Crippen molar-refractivity contribution in [1.29, 1.82) is 0 Å². The van der Waals surface area contributed by atoms with Gasteiger partial charge in [0.15, 0.2) is 18.2 Å². The van der Waals surface area contributed by atoms with Gasteiger partial charge in [-0.3, -0.25) is 19.3 Å². The molecular weight excluding hydrogens is 516 g/mol. The molecule has 4 N–H and O–H groups in total. The van der Waals surface area contributed by atoms with Gasteiger partial charge in [-0.15, -0.1) is 0 Å². The summed E-state index contributed by atoms with van der Waals surface area (Å²) < 4.78 is 6.90. The van der Waals surface area contributed by atoms with Gasteiger partial charge >= 0.3 is 12.1 Å². The van der Waals surface area contributed by atoms with Gasteiger partial charge in [0, 0.05) is 36.5 Å². The monoisotopic (exact) mass is 545 g/mol. The number of carboxylic acids is 1. The number of benzene rings is 1. The van der Waals surface area contributed by atoms with Gasteiger partial charge in [0.2, 0.25) is 5.91 Å². The number of halogens is 1. The number of aromatic nitrogens is 1. The van der Waals surface area contributed by atoms with Crippen molar-refractivity contribution in [3.8, 4) is 0 Å². The van der Waals surface area contributed by atoms with Gasteiger partial charge in [-0.1, -0.05) is 29.8 Å². The Morgan fingerprint density at radius 3 is 2.61 bits per heavy atom. The van der Waals surface area contributed by atoms with Gasteiger partial charge in [0.25, 0.3) is 12.6 Å². The van der Waals surface area contributed by atoms with E-state index >= 15 is 0 Å². The molecule has 3 amide bonds. The zero-order valence-corrected chi connectivity index (χ0v) is 21.6. The lowest BCUT2D eigenvalue weighted by Gasteiger charge is -2.43. The number of likely N-dealkylation sites (N-methyl/N-ethyl adjacent to an activating group) is 1. The highest BCUT2D eigenvalue weighted by Crippen LogP contribution is 2.42.